The molecule has 118 valence electrons. The number of hydrogen-bond donors (Lipinski definition) is 1. The summed E-state index contributed by atoms with van der Waals surface area (Å²) in [7, 11) is 0.893. The first-order valence-electron chi connectivity index (χ1n) is 6.35. The minimum absolute atomic E-state index is 0.0279. The van der Waals surface area contributed by atoms with Gasteiger partial charge in [0.15, 0.2) is 0 Å². The minimum Gasteiger partial charge on any atom is -0.352 e. The average molecular weight is 401 g/mol. The lowest BCUT2D eigenvalue weighted by Crippen LogP contribution is -2.25. The third-order valence-corrected chi connectivity index (χ3v) is 4.77. The van der Waals surface area contributed by atoms with Crippen molar-refractivity contribution < 1.29 is 17.6 Å². The summed E-state index contributed by atoms with van der Waals surface area (Å²) in [5.74, 6) is -0.951. The molecular weight excluding hydrogens is 385 g/mol. The van der Waals surface area contributed by atoms with Crippen molar-refractivity contribution in [3.8, 4) is 0 Å². The van der Waals surface area contributed by atoms with Crippen LogP contribution in [0.4, 0.5) is 4.39 Å². The molecule has 0 aromatic heterocycles. The quantitative estimate of drug-likeness (QED) is 0.585. The smallest absolute Gasteiger partial charge is 0.264 e. The van der Waals surface area contributed by atoms with Gasteiger partial charge in [-0.05, 0) is 46.8 Å². The Morgan fingerprint density at radius 1 is 1.43 bits per heavy atom. The van der Waals surface area contributed by atoms with E-state index in [4.69, 9.17) is 10.7 Å². The highest BCUT2D eigenvalue weighted by Gasteiger charge is 2.21. The third kappa shape index (κ3) is 5.56. The van der Waals surface area contributed by atoms with Crippen molar-refractivity contribution in [3.05, 3.63) is 28.0 Å². The van der Waals surface area contributed by atoms with Gasteiger partial charge in [0.05, 0.1) is 5.56 Å². The van der Waals surface area contributed by atoms with Crippen LogP contribution in [0, 0.1) is 11.7 Å². The maximum atomic E-state index is 13.6. The maximum absolute atomic E-state index is 13.6. The van der Waals surface area contributed by atoms with E-state index in [1.165, 1.54) is 0 Å². The minimum atomic E-state index is -4.25. The van der Waals surface area contributed by atoms with Gasteiger partial charge >= 0.3 is 0 Å². The second-order valence-electron chi connectivity index (χ2n) is 4.99. The number of hydrogen-bond acceptors (Lipinski definition) is 3. The highest BCUT2D eigenvalue weighted by molar-refractivity contribution is 9.10. The number of carbonyl (C=O) groups excluding carboxylic acids is 1. The second kappa shape index (κ2) is 7.56. The molecular formula is C13H16BrClFNO3S. The van der Waals surface area contributed by atoms with Crippen LogP contribution in [-0.4, -0.2) is 20.9 Å². The van der Waals surface area contributed by atoms with Gasteiger partial charge in [-0.25, -0.2) is 12.8 Å². The molecule has 4 nitrogen and oxygen atoms in total. The van der Waals surface area contributed by atoms with Crippen molar-refractivity contribution in [3.63, 3.8) is 0 Å². The van der Waals surface area contributed by atoms with Crippen molar-refractivity contribution in [1.29, 1.82) is 0 Å². The predicted octanol–water partition coefficient (Wildman–Crippen LogP) is 3.68. The van der Waals surface area contributed by atoms with E-state index in [-0.39, 0.29) is 10.0 Å². The van der Waals surface area contributed by atoms with Crippen LogP contribution in [0.2, 0.25) is 0 Å². The molecule has 1 N–H and O–H groups in total. The number of rotatable bonds is 6. The summed E-state index contributed by atoms with van der Waals surface area (Å²) in [6, 6.07) is 1.85. The summed E-state index contributed by atoms with van der Waals surface area (Å²) in [6.07, 6.45) is 1.77. The summed E-state index contributed by atoms with van der Waals surface area (Å²) < 4.78 is 36.2. The molecule has 0 bridgehead atoms. The average Bonchev–Trinajstić information content (AvgIpc) is 2.32. The Balaban J connectivity index is 2.90. The molecule has 0 aliphatic heterocycles. The molecule has 0 unspecified atom stereocenters. The van der Waals surface area contributed by atoms with Gasteiger partial charge in [-0.2, -0.15) is 0 Å². The van der Waals surface area contributed by atoms with Gasteiger partial charge in [-0.15, -0.1) is 0 Å². The molecule has 8 heteroatoms. The molecule has 1 aromatic carbocycles. The Bertz CT molecular complexity index is 635. The molecule has 0 radical (unpaired) electrons. The molecule has 0 aliphatic rings. The van der Waals surface area contributed by atoms with Crippen molar-refractivity contribution >= 4 is 41.6 Å². The predicted molar refractivity (Wildman–Crippen MR) is 83.5 cm³/mol. The lowest BCUT2D eigenvalue weighted by Gasteiger charge is -2.09. The number of nitrogens with one attached hydrogen (secondary N) is 1. The number of halogens is 3. The monoisotopic (exact) mass is 399 g/mol. The zero-order chi connectivity index (χ0) is 16.2. The maximum Gasteiger partial charge on any atom is 0.264 e. The fourth-order valence-corrected chi connectivity index (χ4v) is 3.10. The van der Waals surface area contributed by atoms with Crippen LogP contribution in [0.3, 0.4) is 0 Å². The molecule has 1 rings (SSSR count). The van der Waals surface area contributed by atoms with Crippen molar-refractivity contribution in [2.24, 2.45) is 5.92 Å². The van der Waals surface area contributed by atoms with E-state index in [9.17, 15) is 17.6 Å². The van der Waals surface area contributed by atoms with E-state index in [0.29, 0.717) is 12.5 Å². The number of amides is 1. The lowest BCUT2D eigenvalue weighted by atomic mass is 10.1. The Morgan fingerprint density at radius 3 is 2.57 bits per heavy atom. The van der Waals surface area contributed by atoms with Gasteiger partial charge < -0.3 is 5.32 Å². The van der Waals surface area contributed by atoms with E-state index < -0.39 is 25.7 Å². The van der Waals surface area contributed by atoms with Crippen LogP contribution >= 0.6 is 26.6 Å². The van der Waals surface area contributed by atoms with Gasteiger partial charge in [-0.3, -0.25) is 4.79 Å². The topological polar surface area (TPSA) is 63.2 Å². The van der Waals surface area contributed by atoms with Gasteiger partial charge in [-0.1, -0.05) is 13.8 Å². The summed E-state index contributed by atoms with van der Waals surface area (Å²) in [5.41, 5.74) is 0.0279. The Labute approximate surface area is 136 Å². The Kier molecular flexibility index (Phi) is 6.62. The largest absolute Gasteiger partial charge is 0.352 e. The van der Waals surface area contributed by atoms with Crippen LogP contribution in [0.5, 0.6) is 0 Å². The fraction of sp³-hybridized carbons (Fsp3) is 0.462. The molecule has 1 amide bonds. The highest BCUT2D eigenvalue weighted by atomic mass is 79.9. The Morgan fingerprint density at radius 2 is 2.05 bits per heavy atom. The van der Waals surface area contributed by atoms with Crippen LogP contribution in [0.15, 0.2) is 21.5 Å². The zero-order valence-corrected chi connectivity index (χ0v) is 14.8. The first-order chi connectivity index (χ1) is 9.62. The zero-order valence-electron chi connectivity index (χ0n) is 11.6. The van der Waals surface area contributed by atoms with Crippen molar-refractivity contribution in [2.45, 2.75) is 31.6 Å². The van der Waals surface area contributed by atoms with Crippen LogP contribution in [0.25, 0.3) is 0 Å². The summed E-state index contributed by atoms with van der Waals surface area (Å²) >= 11 is 3.04. The lowest BCUT2D eigenvalue weighted by molar-refractivity contribution is 0.0951. The molecule has 0 atom stereocenters. The van der Waals surface area contributed by atoms with Gasteiger partial charge in [0.2, 0.25) is 0 Å². The van der Waals surface area contributed by atoms with Gasteiger partial charge in [0, 0.05) is 21.7 Å². The van der Waals surface area contributed by atoms with E-state index in [0.717, 1.165) is 25.0 Å². The number of carbonyl (C=O) groups is 1. The summed E-state index contributed by atoms with van der Waals surface area (Å²) in [4.78, 5) is 11.3. The molecule has 0 heterocycles. The second-order valence-corrected chi connectivity index (χ2v) is 8.38. The van der Waals surface area contributed by atoms with E-state index >= 15 is 0 Å². The third-order valence-electron chi connectivity index (χ3n) is 2.77. The molecule has 0 fully saturated rings. The molecule has 0 saturated heterocycles. The molecule has 21 heavy (non-hydrogen) atoms. The SMILES string of the molecule is CC(C)CCCNC(=O)c1cc(S(=O)(=O)Cl)c(F)cc1Br. The molecule has 0 saturated carbocycles. The first-order valence-corrected chi connectivity index (χ1v) is 9.45. The fourth-order valence-electron chi connectivity index (χ4n) is 1.70. The van der Waals surface area contributed by atoms with Gasteiger partial charge in [0.1, 0.15) is 10.7 Å². The van der Waals surface area contributed by atoms with Gasteiger partial charge in [0.25, 0.3) is 15.0 Å². The summed E-state index contributed by atoms with van der Waals surface area (Å²) in [5, 5.41) is 2.66. The van der Waals surface area contributed by atoms with Crippen molar-refractivity contribution in [2.75, 3.05) is 6.54 Å². The normalized spacial score (nSPS) is 11.7. The first kappa shape index (κ1) is 18.4. The van der Waals surface area contributed by atoms with Crippen LogP contribution < -0.4 is 5.32 Å². The van der Waals surface area contributed by atoms with E-state index in [2.05, 4.69) is 35.1 Å². The Hall–Kier alpha value is -0.660. The van der Waals surface area contributed by atoms with E-state index in [1.807, 2.05) is 0 Å². The van der Waals surface area contributed by atoms with Crippen LogP contribution in [0.1, 0.15) is 37.0 Å². The number of benzene rings is 1. The van der Waals surface area contributed by atoms with E-state index in [1.54, 1.807) is 0 Å². The molecule has 1 aromatic rings. The highest BCUT2D eigenvalue weighted by Crippen LogP contribution is 2.26. The molecule has 0 spiro atoms. The van der Waals surface area contributed by atoms with Crippen molar-refractivity contribution in [1.82, 2.24) is 5.32 Å². The van der Waals surface area contributed by atoms with Crippen LogP contribution in [-0.2, 0) is 9.05 Å². The standard InChI is InChI=1S/C13H16BrClFNO3S/c1-8(2)4-3-5-17-13(18)9-6-12(21(15,19)20)11(16)7-10(9)14/h6-8H,3-5H2,1-2H3,(H,17,18). The summed E-state index contributed by atoms with van der Waals surface area (Å²) in [6.45, 7) is 4.62. The molecule has 0 aliphatic carbocycles.